The van der Waals surface area contributed by atoms with Crippen molar-refractivity contribution in [2.45, 2.75) is 24.8 Å². The predicted molar refractivity (Wildman–Crippen MR) is 109 cm³/mol. The number of rotatable bonds is 3. The Kier molecular flexibility index (Phi) is 6.88. The Bertz CT molecular complexity index is 763. The number of likely N-dealkylation sites (N-methyl/N-ethyl adjacent to an activating group) is 1. The zero-order valence-corrected chi connectivity index (χ0v) is 16.8. The topological polar surface area (TPSA) is 86.5 Å². The van der Waals surface area contributed by atoms with Gasteiger partial charge in [0.2, 0.25) is 5.89 Å². The molecule has 0 saturated carbocycles. The fourth-order valence-electron chi connectivity index (χ4n) is 3.70. The molecular weight excluding hydrogens is 380 g/mol. The third-order valence-electron chi connectivity index (χ3n) is 5.42. The zero-order chi connectivity index (χ0) is 18.6. The number of nitrogens with zero attached hydrogens (tertiary/aromatic N) is 4. The van der Waals surface area contributed by atoms with E-state index in [1.165, 1.54) is 0 Å². The number of hydrogen-bond donors (Lipinski definition) is 2. The van der Waals surface area contributed by atoms with Crippen LogP contribution in [0.15, 0.2) is 34.9 Å². The third-order valence-corrected chi connectivity index (χ3v) is 5.42. The molecule has 152 valence electrons. The molecule has 2 fully saturated rings. The van der Waals surface area contributed by atoms with Crippen molar-refractivity contribution < 1.29 is 9.32 Å². The number of likely N-dealkylation sites (tertiary alicyclic amines) is 1. The van der Waals surface area contributed by atoms with Gasteiger partial charge in [-0.1, -0.05) is 23.4 Å². The number of halogens is 1. The summed E-state index contributed by atoms with van der Waals surface area (Å²) in [5.74, 6) is 1.67. The van der Waals surface area contributed by atoms with Gasteiger partial charge in [-0.2, -0.15) is 4.98 Å². The van der Waals surface area contributed by atoms with E-state index in [4.69, 9.17) is 4.52 Å². The molecule has 2 saturated heterocycles. The van der Waals surface area contributed by atoms with Crippen LogP contribution in [0.5, 0.6) is 0 Å². The number of carbonyl (C=O) groups excluding carboxylic acids is 1. The summed E-state index contributed by atoms with van der Waals surface area (Å²) in [6.07, 6.45) is 1.67. The molecule has 2 amide bonds. The fourth-order valence-corrected chi connectivity index (χ4v) is 3.70. The fraction of sp³-hybridized carbons (Fsp3) is 0.526. The molecule has 0 spiro atoms. The van der Waals surface area contributed by atoms with E-state index in [1.807, 2.05) is 35.2 Å². The number of urea groups is 1. The number of nitrogens with one attached hydrogen (secondary N) is 2. The number of piperazine rings is 1. The first-order valence-electron chi connectivity index (χ1n) is 9.56. The highest BCUT2D eigenvalue weighted by molar-refractivity contribution is 5.89. The van der Waals surface area contributed by atoms with Crippen LogP contribution in [0.1, 0.15) is 36.5 Å². The van der Waals surface area contributed by atoms with Gasteiger partial charge in [-0.05, 0) is 32.0 Å². The second kappa shape index (κ2) is 9.36. The Morgan fingerprint density at radius 3 is 2.68 bits per heavy atom. The molecule has 2 aromatic rings. The minimum absolute atomic E-state index is 0. The van der Waals surface area contributed by atoms with Crippen molar-refractivity contribution in [1.29, 1.82) is 0 Å². The van der Waals surface area contributed by atoms with E-state index in [0.29, 0.717) is 19.0 Å². The number of piperidine rings is 1. The lowest BCUT2D eigenvalue weighted by molar-refractivity contribution is 0.185. The molecule has 28 heavy (non-hydrogen) atoms. The van der Waals surface area contributed by atoms with Crippen LogP contribution in [0.2, 0.25) is 0 Å². The molecule has 2 N–H and O–H groups in total. The van der Waals surface area contributed by atoms with Crippen molar-refractivity contribution in [2.24, 2.45) is 0 Å². The van der Waals surface area contributed by atoms with Gasteiger partial charge in [0.15, 0.2) is 5.82 Å². The van der Waals surface area contributed by atoms with Crippen molar-refractivity contribution in [3.63, 3.8) is 0 Å². The van der Waals surface area contributed by atoms with Gasteiger partial charge in [0.25, 0.3) is 0 Å². The van der Waals surface area contributed by atoms with Crippen molar-refractivity contribution in [2.75, 3.05) is 45.1 Å². The monoisotopic (exact) mass is 406 g/mol. The zero-order valence-electron chi connectivity index (χ0n) is 16.0. The van der Waals surface area contributed by atoms with Gasteiger partial charge >= 0.3 is 6.03 Å². The molecule has 0 aliphatic carbocycles. The third kappa shape index (κ3) is 4.63. The van der Waals surface area contributed by atoms with Crippen LogP contribution in [0.25, 0.3) is 0 Å². The summed E-state index contributed by atoms with van der Waals surface area (Å²) in [5, 5.41) is 10.5. The number of hydrogen-bond acceptors (Lipinski definition) is 6. The van der Waals surface area contributed by atoms with Crippen molar-refractivity contribution >= 4 is 24.1 Å². The molecule has 2 aliphatic heterocycles. The molecule has 1 atom stereocenters. The summed E-state index contributed by atoms with van der Waals surface area (Å²) in [6.45, 7) is 4.18. The molecule has 2 aliphatic rings. The number of carbonyl (C=O) groups is 1. The van der Waals surface area contributed by atoms with Gasteiger partial charge in [0.05, 0.1) is 6.04 Å². The van der Waals surface area contributed by atoms with Crippen LogP contribution in [0.3, 0.4) is 0 Å². The van der Waals surface area contributed by atoms with Gasteiger partial charge in [0, 0.05) is 44.3 Å². The van der Waals surface area contributed by atoms with Crippen LogP contribution >= 0.6 is 12.4 Å². The predicted octanol–water partition coefficient (Wildman–Crippen LogP) is 2.48. The second-order valence-corrected chi connectivity index (χ2v) is 7.25. The van der Waals surface area contributed by atoms with Crippen molar-refractivity contribution in [1.82, 2.24) is 25.3 Å². The van der Waals surface area contributed by atoms with Crippen LogP contribution in [-0.2, 0) is 0 Å². The molecular formula is C19H27ClN6O2. The summed E-state index contributed by atoms with van der Waals surface area (Å²) in [7, 11) is 2.09. The number of aromatic nitrogens is 2. The van der Waals surface area contributed by atoms with E-state index in [-0.39, 0.29) is 30.4 Å². The van der Waals surface area contributed by atoms with Gasteiger partial charge in [0.1, 0.15) is 0 Å². The number of anilines is 1. The van der Waals surface area contributed by atoms with Crippen LogP contribution in [0, 0.1) is 0 Å². The van der Waals surface area contributed by atoms with Crippen molar-refractivity contribution in [3.8, 4) is 0 Å². The lowest BCUT2D eigenvalue weighted by Gasteiger charge is -2.31. The highest BCUT2D eigenvalue weighted by Crippen LogP contribution is 2.28. The molecule has 4 rings (SSSR count). The van der Waals surface area contributed by atoms with E-state index in [1.54, 1.807) is 0 Å². The van der Waals surface area contributed by atoms with Crippen LogP contribution in [0.4, 0.5) is 10.5 Å². The lowest BCUT2D eigenvalue weighted by Crippen LogP contribution is -2.44. The first-order valence-corrected chi connectivity index (χ1v) is 9.56. The largest absolute Gasteiger partial charge is 0.339 e. The standard InChI is InChI=1S/C19H26N6O2.ClH/c1-24-12-9-20-13-16(24)17-22-18(27-23-17)14-7-10-25(11-8-14)19(26)21-15-5-3-2-4-6-15;/h2-6,14,16,20H,7-13H2,1H3,(H,21,26);1H. The average molecular weight is 407 g/mol. The smallest absolute Gasteiger partial charge is 0.321 e. The Morgan fingerprint density at radius 2 is 1.96 bits per heavy atom. The van der Waals surface area contributed by atoms with Crippen molar-refractivity contribution in [3.05, 3.63) is 42.0 Å². The van der Waals surface area contributed by atoms with Gasteiger partial charge in [-0.15, -0.1) is 12.4 Å². The molecule has 3 heterocycles. The minimum atomic E-state index is -0.0548. The maximum absolute atomic E-state index is 12.4. The molecule has 0 bridgehead atoms. The Hall–Kier alpha value is -2.16. The first-order chi connectivity index (χ1) is 13.2. The van der Waals surface area contributed by atoms with E-state index in [2.05, 4.69) is 32.7 Å². The molecule has 1 aromatic heterocycles. The van der Waals surface area contributed by atoms with Gasteiger partial charge < -0.3 is 20.1 Å². The van der Waals surface area contributed by atoms with Crippen LogP contribution < -0.4 is 10.6 Å². The number of amides is 2. The lowest BCUT2D eigenvalue weighted by atomic mass is 9.97. The van der Waals surface area contributed by atoms with Gasteiger partial charge in [-0.25, -0.2) is 4.79 Å². The number of benzene rings is 1. The summed E-state index contributed by atoms with van der Waals surface area (Å²) in [4.78, 5) is 21.2. The second-order valence-electron chi connectivity index (χ2n) is 7.25. The quantitative estimate of drug-likeness (QED) is 0.814. The first kappa shape index (κ1) is 20.6. The Morgan fingerprint density at radius 1 is 1.21 bits per heavy atom. The normalized spacial score (nSPS) is 21.2. The molecule has 1 aromatic carbocycles. The summed E-state index contributed by atoms with van der Waals surface area (Å²) < 4.78 is 5.56. The Balaban J connectivity index is 0.00000225. The average Bonchev–Trinajstić information content (AvgIpc) is 3.19. The van der Waals surface area contributed by atoms with E-state index >= 15 is 0 Å². The number of para-hydroxylation sites is 1. The van der Waals surface area contributed by atoms with E-state index in [0.717, 1.165) is 44.0 Å². The maximum Gasteiger partial charge on any atom is 0.321 e. The van der Waals surface area contributed by atoms with E-state index < -0.39 is 0 Å². The molecule has 1 unspecified atom stereocenters. The highest BCUT2D eigenvalue weighted by Gasteiger charge is 2.30. The maximum atomic E-state index is 12.4. The minimum Gasteiger partial charge on any atom is -0.339 e. The SMILES string of the molecule is CN1CCNCC1c1noc(C2CCN(C(=O)Nc3ccccc3)CC2)n1.Cl. The molecule has 9 heteroatoms. The summed E-state index contributed by atoms with van der Waals surface area (Å²) in [5.41, 5.74) is 0.816. The molecule has 8 nitrogen and oxygen atoms in total. The molecule has 0 radical (unpaired) electrons. The summed E-state index contributed by atoms with van der Waals surface area (Å²) >= 11 is 0. The Labute approximate surface area is 171 Å². The van der Waals surface area contributed by atoms with Crippen LogP contribution in [-0.4, -0.2) is 65.7 Å². The van der Waals surface area contributed by atoms with Gasteiger partial charge in [-0.3, -0.25) is 4.90 Å². The van der Waals surface area contributed by atoms with E-state index in [9.17, 15) is 4.79 Å². The summed E-state index contributed by atoms with van der Waals surface area (Å²) in [6, 6.07) is 9.64. The highest BCUT2D eigenvalue weighted by atomic mass is 35.5.